The Morgan fingerprint density at radius 2 is 1.81 bits per heavy atom. The summed E-state index contributed by atoms with van der Waals surface area (Å²) in [5.74, 6) is 0.0837. The Kier molecular flexibility index (Phi) is 5.42. The van der Waals surface area contributed by atoms with E-state index in [-0.39, 0.29) is 23.1 Å². The zero-order chi connectivity index (χ0) is 22.8. The van der Waals surface area contributed by atoms with Gasteiger partial charge in [-0.25, -0.2) is 19.2 Å². The highest BCUT2D eigenvalue weighted by molar-refractivity contribution is 6.09. The summed E-state index contributed by atoms with van der Waals surface area (Å²) in [4.78, 5) is 35.0. The molecule has 0 fully saturated rings. The van der Waals surface area contributed by atoms with E-state index in [4.69, 9.17) is 10.5 Å². The van der Waals surface area contributed by atoms with Crippen LogP contribution < -0.4 is 20.7 Å². The van der Waals surface area contributed by atoms with E-state index in [0.717, 1.165) is 0 Å². The van der Waals surface area contributed by atoms with Gasteiger partial charge >= 0.3 is 6.03 Å². The minimum absolute atomic E-state index is 0.186. The number of nitrogens with zero attached hydrogens (tertiary/aromatic N) is 4. The molecule has 3 N–H and O–H groups in total. The van der Waals surface area contributed by atoms with Crippen LogP contribution in [0.4, 0.5) is 20.6 Å². The molecule has 10 heteroatoms. The summed E-state index contributed by atoms with van der Waals surface area (Å²) in [6.45, 7) is 0. The molecule has 2 aromatic carbocycles. The summed E-state index contributed by atoms with van der Waals surface area (Å²) in [7, 11) is 3.18. The Balaban J connectivity index is 1.86. The van der Waals surface area contributed by atoms with Crippen LogP contribution >= 0.6 is 0 Å². The number of carbonyl (C=O) groups is 2. The number of imidazole rings is 1. The van der Waals surface area contributed by atoms with E-state index in [2.05, 4.69) is 15.3 Å². The van der Waals surface area contributed by atoms with Crippen LogP contribution in [0, 0.1) is 5.82 Å². The third-order valence-electron chi connectivity index (χ3n) is 4.83. The second kappa shape index (κ2) is 8.34. The standard InChI is InChI=1S/C22H19FN6O3/c1-28(16-7-9-17(32-2)10-8-16)20(30)19-18(13-3-5-14(23)6-4-13)27-22-25-11-15(12-29(19)22)26-21(24)31/h3-12H,1-2H3,(H3,24,26,31). The van der Waals surface area contributed by atoms with Crippen molar-refractivity contribution in [2.45, 2.75) is 0 Å². The first-order valence-corrected chi connectivity index (χ1v) is 9.50. The van der Waals surface area contributed by atoms with Crippen LogP contribution in [0.5, 0.6) is 5.75 Å². The molecule has 3 amide bonds. The molecule has 32 heavy (non-hydrogen) atoms. The predicted octanol–water partition coefficient (Wildman–Crippen LogP) is 3.31. The number of amides is 3. The minimum Gasteiger partial charge on any atom is -0.497 e. The van der Waals surface area contributed by atoms with E-state index >= 15 is 0 Å². The predicted molar refractivity (Wildman–Crippen MR) is 117 cm³/mol. The van der Waals surface area contributed by atoms with Gasteiger partial charge < -0.3 is 20.7 Å². The number of ether oxygens (including phenoxy) is 1. The summed E-state index contributed by atoms with van der Waals surface area (Å²) in [5.41, 5.74) is 7.15. The number of urea groups is 1. The van der Waals surface area contributed by atoms with Crippen molar-refractivity contribution in [3.63, 3.8) is 0 Å². The number of hydrogen-bond acceptors (Lipinski definition) is 5. The molecular weight excluding hydrogens is 415 g/mol. The fourth-order valence-corrected chi connectivity index (χ4v) is 3.24. The van der Waals surface area contributed by atoms with Crippen LogP contribution in [-0.2, 0) is 0 Å². The van der Waals surface area contributed by atoms with Gasteiger partial charge in [0.2, 0.25) is 5.78 Å². The number of rotatable bonds is 5. The molecule has 2 heterocycles. The van der Waals surface area contributed by atoms with Gasteiger partial charge in [-0.3, -0.25) is 9.20 Å². The number of aromatic nitrogens is 3. The maximum Gasteiger partial charge on any atom is 0.316 e. The first-order valence-electron chi connectivity index (χ1n) is 9.50. The van der Waals surface area contributed by atoms with Gasteiger partial charge in [-0.1, -0.05) is 0 Å². The fourth-order valence-electron chi connectivity index (χ4n) is 3.24. The molecule has 0 unspecified atom stereocenters. The van der Waals surface area contributed by atoms with Gasteiger partial charge in [0, 0.05) is 24.5 Å². The third-order valence-corrected chi connectivity index (χ3v) is 4.83. The summed E-state index contributed by atoms with van der Waals surface area (Å²) in [6.07, 6.45) is 2.88. The Labute approximate surface area is 182 Å². The Morgan fingerprint density at radius 1 is 1.12 bits per heavy atom. The van der Waals surface area contributed by atoms with E-state index < -0.39 is 11.8 Å². The van der Waals surface area contributed by atoms with Crippen LogP contribution in [-0.4, -0.2) is 40.5 Å². The molecule has 0 saturated carbocycles. The van der Waals surface area contributed by atoms with E-state index in [1.807, 2.05) is 0 Å². The molecule has 0 bridgehead atoms. The SMILES string of the molecule is COc1ccc(N(C)C(=O)c2c(-c3ccc(F)cc3)nc3ncc(NC(N)=O)cn23)cc1. The van der Waals surface area contributed by atoms with Crippen LogP contribution in [0.2, 0.25) is 0 Å². The largest absolute Gasteiger partial charge is 0.497 e. The van der Waals surface area contributed by atoms with Gasteiger partial charge in [0.15, 0.2) is 0 Å². The second-order valence-corrected chi connectivity index (χ2v) is 6.88. The van der Waals surface area contributed by atoms with E-state index in [9.17, 15) is 14.0 Å². The van der Waals surface area contributed by atoms with Crippen LogP contribution in [0.3, 0.4) is 0 Å². The van der Waals surface area contributed by atoms with Crippen molar-refractivity contribution < 1.29 is 18.7 Å². The van der Waals surface area contributed by atoms with Crippen molar-refractivity contribution in [3.05, 3.63) is 72.4 Å². The number of hydrogen-bond donors (Lipinski definition) is 2. The molecular formula is C22H19FN6O3. The zero-order valence-corrected chi connectivity index (χ0v) is 17.2. The molecule has 0 saturated heterocycles. The van der Waals surface area contributed by atoms with Gasteiger partial charge in [-0.05, 0) is 48.5 Å². The lowest BCUT2D eigenvalue weighted by atomic mass is 10.1. The highest BCUT2D eigenvalue weighted by Gasteiger charge is 2.25. The highest BCUT2D eigenvalue weighted by atomic mass is 19.1. The smallest absolute Gasteiger partial charge is 0.316 e. The van der Waals surface area contributed by atoms with Crippen molar-refractivity contribution in [3.8, 4) is 17.0 Å². The van der Waals surface area contributed by atoms with E-state index in [1.165, 1.54) is 46.0 Å². The van der Waals surface area contributed by atoms with E-state index in [1.54, 1.807) is 38.4 Å². The molecule has 2 aromatic heterocycles. The van der Waals surface area contributed by atoms with Crippen molar-refractivity contribution in [1.82, 2.24) is 14.4 Å². The molecule has 0 aliphatic heterocycles. The summed E-state index contributed by atoms with van der Waals surface area (Å²) in [6, 6.07) is 11.8. The Bertz CT molecular complexity index is 1300. The average Bonchev–Trinajstić information content (AvgIpc) is 3.17. The van der Waals surface area contributed by atoms with Crippen LogP contribution in [0.1, 0.15) is 10.5 Å². The number of carbonyl (C=O) groups excluding carboxylic acids is 2. The van der Waals surface area contributed by atoms with Crippen molar-refractivity contribution in [2.75, 3.05) is 24.4 Å². The maximum absolute atomic E-state index is 13.6. The molecule has 4 aromatic rings. The molecule has 0 radical (unpaired) electrons. The van der Waals surface area contributed by atoms with Crippen LogP contribution in [0.25, 0.3) is 17.0 Å². The summed E-state index contributed by atoms with van der Waals surface area (Å²) in [5, 5.41) is 2.43. The monoisotopic (exact) mass is 434 g/mol. The van der Waals surface area contributed by atoms with E-state index in [0.29, 0.717) is 22.7 Å². The number of nitrogens with one attached hydrogen (secondary N) is 1. The maximum atomic E-state index is 13.6. The number of anilines is 2. The van der Waals surface area contributed by atoms with Crippen molar-refractivity contribution in [2.24, 2.45) is 5.73 Å². The van der Waals surface area contributed by atoms with Gasteiger partial charge in [0.25, 0.3) is 5.91 Å². The molecule has 9 nitrogen and oxygen atoms in total. The molecule has 162 valence electrons. The lowest BCUT2D eigenvalue weighted by Gasteiger charge is -2.18. The normalized spacial score (nSPS) is 10.7. The summed E-state index contributed by atoms with van der Waals surface area (Å²) >= 11 is 0. The van der Waals surface area contributed by atoms with Crippen molar-refractivity contribution >= 4 is 29.1 Å². The second-order valence-electron chi connectivity index (χ2n) is 6.88. The first-order chi connectivity index (χ1) is 15.4. The lowest BCUT2D eigenvalue weighted by Crippen LogP contribution is -2.28. The van der Waals surface area contributed by atoms with Gasteiger partial charge in [0.05, 0.1) is 19.0 Å². The zero-order valence-electron chi connectivity index (χ0n) is 17.2. The number of primary amides is 1. The van der Waals surface area contributed by atoms with Gasteiger partial charge in [-0.15, -0.1) is 0 Å². The number of nitrogens with two attached hydrogens (primary N) is 1. The summed E-state index contributed by atoms with van der Waals surface area (Å²) < 4.78 is 20.1. The Hall–Kier alpha value is -4.47. The molecule has 0 atom stereocenters. The first kappa shape index (κ1) is 20.8. The molecule has 4 rings (SSSR count). The number of fused-ring (bicyclic) bond motifs is 1. The third kappa shape index (κ3) is 3.93. The molecule has 0 aliphatic rings. The quantitative estimate of drug-likeness (QED) is 0.500. The fraction of sp³-hybridized carbons (Fsp3) is 0.0909. The molecule has 0 spiro atoms. The van der Waals surface area contributed by atoms with Crippen LogP contribution in [0.15, 0.2) is 60.9 Å². The number of halogens is 1. The highest BCUT2D eigenvalue weighted by Crippen LogP contribution is 2.28. The van der Waals surface area contributed by atoms with Gasteiger partial charge in [0.1, 0.15) is 23.0 Å². The molecule has 0 aliphatic carbocycles. The topological polar surface area (TPSA) is 115 Å². The minimum atomic E-state index is -0.770. The average molecular weight is 434 g/mol. The lowest BCUT2D eigenvalue weighted by molar-refractivity contribution is 0.0988. The Morgan fingerprint density at radius 3 is 2.44 bits per heavy atom. The van der Waals surface area contributed by atoms with Crippen molar-refractivity contribution in [1.29, 1.82) is 0 Å². The van der Waals surface area contributed by atoms with Gasteiger partial charge in [-0.2, -0.15) is 0 Å². The number of methoxy groups -OCH3 is 1. The number of benzene rings is 2.